The summed E-state index contributed by atoms with van der Waals surface area (Å²) in [7, 11) is -1.18. The van der Waals surface area contributed by atoms with Crippen molar-refractivity contribution in [3.63, 3.8) is 0 Å². The lowest BCUT2D eigenvalue weighted by Crippen LogP contribution is -2.57. The van der Waals surface area contributed by atoms with E-state index in [1.165, 1.54) is 12.7 Å². The number of hydrogen-bond acceptors (Lipinski definition) is 4. The van der Waals surface area contributed by atoms with E-state index in [1.54, 1.807) is 7.05 Å². The molecule has 1 aliphatic heterocycles. The minimum absolute atomic E-state index is 0. The van der Waals surface area contributed by atoms with E-state index in [-0.39, 0.29) is 41.3 Å². The molecule has 0 aliphatic carbocycles. The Morgan fingerprint density at radius 3 is 2.27 bits per heavy atom. The lowest BCUT2D eigenvalue weighted by molar-refractivity contribution is 0.0483. The second kappa shape index (κ2) is 11.0. The summed E-state index contributed by atoms with van der Waals surface area (Å²) in [5.74, 6) is 2.38. The van der Waals surface area contributed by atoms with Crippen molar-refractivity contribution in [1.82, 2.24) is 15.5 Å². The monoisotopic (exact) mass is 502 g/mol. The maximum Gasteiger partial charge on any atom is 0.191 e. The highest BCUT2D eigenvalue weighted by atomic mass is 127. The smallest absolute Gasteiger partial charge is 0.191 e. The van der Waals surface area contributed by atoms with Gasteiger partial charge in [0.15, 0.2) is 5.96 Å². The number of nitrogens with zero attached hydrogens (tertiary/aromatic N) is 2. The third-order valence-electron chi connectivity index (χ3n) is 4.94. The van der Waals surface area contributed by atoms with Gasteiger partial charge >= 0.3 is 0 Å². The molecule has 0 aromatic rings. The Morgan fingerprint density at radius 2 is 1.81 bits per heavy atom. The summed E-state index contributed by atoms with van der Waals surface area (Å²) in [5, 5.41) is 6.70. The first-order chi connectivity index (χ1) is 11.4. The molecular weight excluding hydrogens is 463 g/mol. The molecule has 2 N–H and O–H groups in total. The quantitative estimate of drug-likeness (QED) is 0.318. The predicted molar refractivity (Wildman–Crippen MR) is 122 cm³/mol. The molecule has 3 atom stereocenters. The molecule has 1 heterocycles. The third kappa shape index (κ3) is 9.73. The van der Waals surface area contributed by atoms with E-state index in [1.807, 2.05) is 6.92 Å². The largest absolute Gasteiger partial charge is 0.355 e. The molecule has 1 rings (SSSR count). The molecule has 0 aromatic carbocycles. The van der Waals surface area contributed by atoms with Crippen LogP contribution in [0, 0.1) is 11.8 Å². The molecule has 0 radical (unpaired) electrons. The fraction of sp³-hybridized carbons (Fsp3) is 0.944. The number of sulfone groups is 1. The average molecular weight is 503 g/mol. The Balaban J connectivity index is 0.00000625. The van der Waals surface area contributed by atoms with Crippen molar-refractivity contribution in [2.24, 2.45) is 16.8 Å². The molecule has 6 nitrogen and oxygen atoms in total. The standard InChI is InChI=1S/C18H38N4O2S.HI/c1-14-10-15(2)12-22(11-14)18(4,5)13-20-17(19-6)21-16(3)8-9-25(7,23)24;/h14-16H,8-13H2,1-7H3,(H2,19,20,21);1H. The number of likely N-dealkylation sites (tertiary alicyclic amines) is 1. The SMILES string of the molecule is CN=C(NCC(C)(C)N1CC(C)CC(C)C1)NC(C)CCS(C)(=O)=O.I. The van der Waals surface area contributed by atoms with E-state index >= 15 is 0 Å². The second-order valence-electron chi connectivity index (χ2n) is 8.55. The minimum Gasteiger partial charge on any atom is -0.355 e. The van der Waals surface area contributed by atoms with Crippen molar-refractivity contribution in [3.05, 3.63) is 0 Å². The third-order valence-corrected chi connectivity index (χ3v) is 5.92. The van der Waals surface area contributed by atoms with Crippen molar-refractivity contribution in [2.45, 2.75) is 59.0 Å². The maximum absolute atomic E-state index is 11.3. The van der Waals surface area contributed by atoms with Crippen LogP contribution >= 0.6 is 24.0 Å². The zero-order chi connectivity index (χ0) is 19.3. The molecule has 1 fully saturated rings. The van der Waals surface area contributed by atoms with Crippen LogP contribution < -0.4 is 10.6 Å². The summed E-state index contributed by atoms with van der Waals surface area (Å²) >= 11 is 0. The Bertz CT molecular complexity index is 541. The first-order valence-electron chi connectivity index (χ1n) is 9.33. The van der Waals surface area contributed by atoms with Gasteiger partial charge in [0.05, 0.1) is 5.75 Å². The molecule has 0 saturated carbocycles. The summed E-state index contributed by atoms with van der Waals surface area (Å²) < 4.78 is 22.6. The topological polar surface area (TPSA) is 73.8 Å². The lowest BCUT2D eigenvalue weighted by atomic mass is 9.88. The average Bonchev–Trinajstić information content (AvgIpc) is 2.47. The van der Waals surface area contributed by atoms with Gasteiger partial charge in [-0.3, -0.25) is 9.89 Å². The fourth-order valence-corrected chi connectivity index (χ4v) is 4.24. The zero-order valence-corrected chi connectivity index (χ0v) is 20.6. The predicted octanol–water partition coefficient (Wildman–Crippen LogP) is 2.35. The van der Waals surface area contributed by atoms with Crippen molar-refractivity contribution >= 4 is 39.8 Å². The first-order valence-corrected chi connectivity index (χ1v) is 11.4. The van der Waals surface area contributed by atoms with Crippen LogP contribution in [-0.4, -0.2) is 69.5 Å². The van der Waals surface area contributed by atoms with E-state index in [4.69, 9.17) is 0 Å². The molecule has 0 bridgehead atoms. The maximum atomic E-state index is 11.3. The van der Waals surface area contributed by atoms with Crippen LogP contribution in [0.2, 0.25) is 0 Å². The molecule has 8 heteroatoms. The summed E-state index contributed by atoms with van der Waals surface area (Å²) in [4.78, 5) is 6.85. The number of guanidine groups is 1. The van der Waals surface area contributed by atoms with Gasteiger partial charge in [0.25, 0.3) is 0 Å². The Morgan fingerprint density at radius 1 is 1.27 bits per heavy atom. The van der Waals surface area contributed by atoms with Crippen molar-refractivity contribution < 1.29 is 8.42 Å². The normalized spacial score (nSPS) is 23.9. The van der Waals surface area contributed by atoms with Gasteiger partial charge in [0, 0.05) is 44.5 Å². The van der Waals surface area contributed by atoms with E-state index in [9.17, 15) is 8.42 Å². The van der Waals surface area contributed by atoms with Crippen LogP contribution in [0.3, 0.4) is 0 Å². The van der Waals surface area contributed by atoms with Gasteiger partial charge in [-0.15, -0.1) is 24.0 Å². The first kappa shape index (κ1) is 25.9. The highest BCUT2D eigenvalue weighted by Gasteiger charge is 2.32. The van der Waals surface area contributed by atoms with Crippen LogP contribution in [0.4, 0.5) is 0 Å². The lowest BCUT2D eigenvalue weighted by Gasteiger charge is -2.45. The highest BCUT2D eigenvalue weighted by Crippen LogP contribution is 2.26. The molecule has 1 aliphatic rings. The Hall–Kier alpha value is -0.0900. The number of nitrogens with one attached hydrogen (secondary N) is 2. The van der Waals surface area contributed by atoms with E-state index in [0.29, 0.717) is 6.42 Å². The van der Waals surface area contributed by atoms with Crippen LogP contribution in [0.5, 0.6) is 0 Å². The molecule has 156 valence electrons. The molecule has 26 heavy (non-hydrogen) atoms. The van der Waals surface area contributed by atoms with Gasteiger partial charge in [0.2, 0.25) is 0 Å². The molecular formula is C18H39IN4O2S. The number of halogens is 1. The van der Waals surface area contributed by atoms with E-state index in [0.717, 1.165) is 37.4 Å². The molecule has 3 unspecified atom stereocenters. The summed E-state index contributed by atoms with van der Waals surface area (Å²) in [6.45, 7) is 14.2. The fourth-order valence-electron chi connectivity index (χ4n) is 3.46. The van der Waals surface area contributed by atoms with Crippen molar-refractivity contribution in [3.8, 4) is 0 Å². The van der Waals surface area contributed by atoms with Gasteiger partial charge < -0.3 is 10.6 Å². The number of aliphatic imine (C=N–C) groups is 1. The molecule has 1 saturated heterocycles. The van der Waals surface area contributed by atoms with Crippen LogP contribution in [0.1, 0.15) is 47.5 Å². The van der Waals surface area contributed by atoms with Crippen LogP contribution in [0.25, 0.3) is 0 Å². The molecule has 0 aromatic heterocycles. The van der Waals surface area contributed by atoms with Crippen molar-refractivity contribution in [1.29, 1.82) is 0 Å². The summed E-state index contributed by atoms with van der Waals surface area (Å²) in [6.07, 6.45) is 3.15. The zero-order valence-electron chi connectivity index (χ0n) is 17.5. The van der Waals surface area contributed by atoms with Gasteiger partial charge in [-0.25, -0.2) is 8.42 Å². The Labute approximate surface area is 177 Å². The van der Waals surface area contributed by atoms with Gasteiger partial charge in [0.1, 0.15) is 9.84 Å². The van der Waals surface area contributed by atoms with Crippen molar-refractivity contribution in [2.75, 3.05) is 38.7 Å². The second-order valence-corrected chi connectivity index (χ2v) is 10.8. The highest BCUT2D eigenvalue weighted by molar-refractivity contribution is 14.0. The van der Waals surface area contributed by atoms with Crippen LogP contribution in [-0.2, 0) is 9.84 Å². The Kier molecular flexibility index (Phi) is 11.0. The number of hydrogen-bond donors (Lipinski definition) is 2. The minimum atomic E-state index is -2.93. The van der Waals surface area contributed by atoms with Crippen LogP contribution in [0.15, 0.2) is 4.99 Å². The van der Waals surface area contributed by atoms with Gasteiger partial charge in [-0.1, -0.05) is 13.8 Å². The van der Waals surface area contributed by atoms with Gasteiger partial charge in [-0.2, -0.15) is 0 Å². The molecule has 0 amide bonds. The number of rotatable bonds is 7. The van der Waals surface area contributed by atoms with E-state index in [2.05, 4.69) is 48.2 Å². The summed E-state index contributed by atoms with van der Waals surface area (Å²) in [5.41, 5.74) is 0.0382. The number of piperidine rings is 1. The molecule has 0 spiro atoms. The van der Waals surface area contributed by atoms with Gasteiger partial charge in [-0.05, 0) is 45.4 Å². The summed E-state index contributed by atoms with van der Waals surface area (Å²) in [6, 6.07) is 0.0547. The van der Waals surface area contributed by atoms with E-state index < -0.39 is 9.84 Å².